The summed E-state index contributed by atoms with van der Waals surface area (Å²) in [7, 11) is 0. The Hall–Kier alpha value is -2.23. The number of hydrogen-bond donors (Lipinski definition) is 3. The standard InChI is InChI=1S/C16H19N3O6S/c1-10(21)6-17-16(22)15-13(8-20)14(26)7-18(15)25-9-11-2-4-12(5-3-11)19(23)24/h2-5,10,14-15,21,26H,6-7,9H2,1H3,(H,17,22)/t10-,14-,15+/m1/s1. The van der Waals surface area contributed by atoms with Crippen molar-refractivity contribution >= 4 is 30.2 Å². The van der Waals surface area contributed by atoms with Gasteiger partial charge in [0.1, 0.15) is 12.0 Å². The minimum atomic E-state index is -0.994. The number of rotatable bonds is 7. The molecule has 1 heterocycles. The van der Waals surface area contributed by atoms with E-state index in [4.69, 9.17) is 4.84 Å². The molecule has 1 aromatic rings. The number of hydrogen-bond acceptors (Lipinski definition) is 8. The number of carbonyl (C=O) groups is 1. The molecule has 0 radical (unpaired) electrons. The summed E-state index contributed by atoms with van der Waals surface area (Å²) < 4.78 is 0. The van der Waals surface area contributed by atoms with Crippen molar-refractivity contribution in [2.24, 2.45) is 0 Å². The zero-order valence-electron chi connectivity index (χ0n) is 14.0. The fourth-order valence-electron chi connectivity index (χ4n) is 2.45. The highest BCUT2D eigenvalue weighted by Crippen LogP contribution is 2.27. The number of aliphatic hydroxyl groups excluding tert-OH is 1. The summed E-state index contributed by atoms with van der Waals surface area (Å²) in [6.07, 6.45) is -0.731. The van der Waals surface area contributed by atoms with E-state index < -0.39 is 28.2 Å². The van der Waals surface area contributed by atoms with E-state index in [1.807, 2.05) is 0 Å². The number of carbonyl (C=O) groups excluding carboxylic acids is 2. The molecule has 1 fully saturated rings. The molecule has 0 saturated carbocycles. The normalized spacial score (nSPS) is 21.3. The molecular formula is C16H19N3O6S. The van der Waals surface area contributed by atoms with E-state index in [0.717, 1.165) is 0 Å². The first kappa shape index (κ1) is 20.1. The highest BCUT2D eigenvalue weighted by atomic mass is 32.1. The molecule has 0 unspecified atom stereocenters. The maximum Gasteiger partial charge on any atom is 0.269 e. The molecule has 2 N–H and O–H groups in total. The maximum atomic E-state index is 12.4. The molecule has 2 rings (SSSR count). The second-order valence-corrected chi connectivity index (χ2v) is 6.49. The van der Waals surface area contributed by atoms with E-state index in [9.17, 15) is 24.8 Å². The Bertz CT molecular complexity index is 717. The monoisotopic (exact) mass is 381 g/mol. The average Bonchev–Trinajstić information content (AvgIpc) is 2.93. The van der Waals surface area contributed by atoms with Crippen LogP contribution in [-0.4, -0.2) is 57.4 Å². The summed E-state index contributed by atoms with van der Waals surface area (Å²) >= 11 is 4.28. The van der Waals surface area contributed by atoms with Gasteiger partial charge >= 0.3 is 0 Å². The predicted molar refractivity (Wildman–Crippen MR) is 95.1 cm³/mol. The van der Waals surface area contributed by atoms with Crippen LogP contribution in [0.5, 0.6) is 0 Å². The number of nitro groups is 1. The van der Waals surface area contributed by atoms with Crippen molar-refractivity contribution in [1.82, 2.24) is 10.4 Å². The number of hydroxylamine groups is 2. The van der Waals surface area contributed by atoms with Gasteiger partial charge in [0, 0.05) is 25.2 Å². The first-order valence-electron chi connectivity index (χ1n) is 7.85. The number of nitro benzene ring substituents is 1. The van der Waals surface area contributed by atoms with Crippen LogP contribution in [0, 0.1) is 10.1 Å². The molecule has 1 amide bonds. The van der Waals surface area contributed by atoms with Crippen molar-refractivity contribution in [3.05, 3.63) is 45.5 Å². The third-order valence-corrected chi connectivity index (χ3v) is 4.22. The molecule has 10 heteroatoms. The highest BCUT2D eigenvalue weighted by molar-refractivity contribution is 7.81. The van der Waals surface area contributed by atoms with Crippen molar-refractivity contribution in [3.63, 3.8) is 0 Å². The van der Waals surface area contributed by atoms with Gasteiger partial charge in [0.15, 0.2) is 0 Å². The molecular weight excluding hydrogens is 362 g/mol. The molecule has 140 valence electrons. The molecule has 9 nitrogen and oxygen atoms in total. The Balaban J connectivity index is 2.06. The predicted octanol–water partition coefficient (Wildman–Crippen LogP) is 0.264. The Morgan fingerprint density at radius 2 is 2.19 bits per heavy atom. The van der Waals surface area contributed by atoms with Crippen LogP contribution in [0.1, 0.15) is 12.5 Å². The van der Waals surface area contributed by atoms with E-state index in [0.29, 0.717) is 5.56 Å². The van der Waals surface area contributed by atoms with Gasteiger partial charge < -0.3 is 10.4 Å². The van der Waals surface area contributed by atoms with Crippen LogP contribution in [-0.2, 0) is 21.0 Å². The van der Waals surface area contributed by atoms with Crippen molar-refractivity contribution in [1.29, 1.82) is 0 Å². The third kappa shape index (κ3) is 4.90. The minimum Gasteiger partial charge on any atom is -0.392 e. The van der Waals surface area contributed by atoms with Gasteiger partial charge in [-0.05, 0) is 24.6 Å². The number of nitrogens with zero attached hydrogens (tertiary/aromatic N) is 2. The molecule has 26 heavy (non-hydrogen) atoms. The SMILES string of the molecule is C[C@@H](O)CNC(=O)[C@@H]1C(=C=O)[C@H](S)CN1OCc1ccc([N+](=O)[O-])cc1. The summed E-state index contributed by atoms with van der Waals surface area (Å²) in [4.78, 5) is 39.4. The molecule has 3 atom stereocenters. The van der Waals surface area contributed by atoms with E-state index in [-0.39, 0.29) is 31.0 Å². The number of nitrogens with one attached hydrogen (secondary N) is 1. The van der Waals surface area contributed by atoms with Gasteiger partial charge in [-0.2, -0.15) is 17.7 Å². The maximum absolute atomic E-state index is 12.4. The third-order valence-electron chi connectivity index (χ3n) is 3.78. The summed E-state index contributed by atoms with van der Waals surface area (Å²) in [5.74, 6) is 1.25. The van der Waals surface area contributed by atoms with Crippen LogP contribution < -0.4 is 5.32 Å². The van der Waals surface area contributed by atoms with Crippen LogP contribution in [0.2, 0.25) is 0 Å². The molecule has 1 aliphatic heterocycles. The topological polar surface area (TPSA) is 122 Å². The number of amides is 1. The molecule has 1 aliphatic rings. The summed E-state index contributed by atoms with van der Waals surface area (Å²) in [6, 6.07) is 4.81. The number of aliphatic hydroxyl groups is 1. The Labute approximate surface area is 155 Å². The summed E-state index contributed by atoms with van der Waals surface area (Å²) in [5, 5.41) is 23.3. The van der Waals surface area contributed by atoms with Crippen molar-refractivity contribution in [3.8, 4) is 0 Å². The molecule has 0 spiro atoms. The highest BCUT2D eigenvalue weighted by Gasteiger charge is 2.42. The van der Waals surface area contributed by atoms with Crippen LogP contribution in [0.3, 0.4) is 0 Å². The smallest absolute Gasteiger partial charge is 0.269 e. The lowest BCUT2D eigenvalue weighted by atomic mass is 10.1. The van der Waals surface area contributed by atoms with E-state index >= 15 is 0 Å². The summed E-state index contributed by atoms with van der Waals surface area (Å²) in [6.45, 7) is 1.82. The fraction of sp³-hybridized carbons (Fsp3) is 0.438. The van der Waals surface area contributed by atoms with Crippen LogP contribution in [0.25, 0.3) is 0 Å². The van der Waals surface area contributed by atoms with Gasteiger partial charge in [-0.25, -0.2) is 4.79 Å². The van der Waals surface area contributed by atoms with Crippen LogP contribution >= 0.6 is 12.6 Å². The number of benzene rings is 1. The first-order chi connectivity index (χ1) is 12.3. The second kappa shape index (κ2) is 8.93. The van der Waals surface area contributed by atoms with E-state index in [1.54, 1.807) is 18.1 Å². The Morgan fingerprint density at radius 3 is 2.73 bits per heavy atom. The second-order valence-electron chi connectivity index (χ2n) is 5.87. The number of non-ortho nitro benzene ring substituents is 1. The zero-order valence-corrected chi connectivity index (χ0v) is 14.9. The lowest BCUT2D eigenvalue weighted by Crippen LogP contribution is -2.45. The molecule has 1 saturated heterocycles. The fourth-order valence-corrected chi connectivity index (χ4v) is 2.81. The lowest BCUT2D eigenvalue weighted by molar-refractivity contribution is -0.384. The van der Waals surface area contributed by atoms with E-state index in [2.05, 4.69) is 17.9 Å². The Morgan fingerprint density at radius 1 is 1.54 bits per heavy atom. The van der Waals surface area contributed by atoms with E-state index in [1.165, 1.54) is 24.1 Å². The summed E-state index contributed by atoms with van der Waals surface area (Å²) in [5.41, 5.74) is 0.782. The van der Waals surface area contributed by atoms with Crippen LogP contribution in [0.4, 0.5) is 5.69 Å². The average molecular weight is 381 g/mol. The van der Waals surface area contributed by atoms with Gasteiger partial charge in [-0.15, -0.1) is 0 Å². The van der Waals surface area contributed by atoms with Gasteiger partial charge in [-0.1, -0.05) is 0 Å². The first-order valence-corrected chi connectivity index (χ1v) is 8.36. The molecule has 0 aromatic heterocycles. The number of thiol groups is 1. The van der Waals surface area contributed by atoms with Crippen molar-refractivity contribution in [2.45, 2.75) is 30.9 Å². The Kier molecular flexibility index (Phi) is 6.90. The molecule has 1 aromatic carbocycles. The van der Waals surface area contributed by atoms with Gasteiger partial charge in [-0.3, -0.25) is 19.7 Å². The van der Waals surface area contributed by atoms with Crippen molar-refractivity contribution < 1.29 is 24.5 Å². The molecule has 0 bridgehead atoms. The quantitative estimate of drug-likeness (QED) is 0.268. The van der Waals surface area contributed by atoms with Gasteiger partial charge in [0.25, 0.3) is 5.69 Å². The largest absolute Gasteiger partial charge is 0.392 e. The van der Waals surface area contributed by atoms with Gasteiger partial charge in [0.05, 0.1) is 28.5 Å². The van der Waals surface area contributed by atoms with Gasteiger partial charge in [0.2, 0.25) is 5.91 Å². The van der Waals surface area contributed by atoms with Crippen molar-refractivity contribution in [2.75, 3.05) is 13.1 Å². The molecule has 0 aliphatic carbocycles. The zero-order chi connectivity index (χ0) is 19.3. The lowest BCUT2D eigenvalue weighted by Gasteiger charge is -2.23. The minimum absolute atomic E-state index is 0.0353. The van der Waals surface area contributed by atoms with Crippen LogP contribution in [0.15, 0.2) is 29.8 Å².